The lowest BCUT2D eigenvalue weighted by atomic mass is 10.1. The third-order valence-corrected chi connectivity index (χ3v) is 0.968. The molecule has 3 heteroatoms. The quantitative estimate of drug-likeness (QED) is 0.257. The van der Waals surface area contributed by atoms with Gasteiger partial charge in [0.1, 0.15) is 0 Å². The molecule has 2 N–H and O–H groups in total. The van der Waals surface area contributed by atoms with Crippen LogP contribution in [0.15, 0.2) is 11.8 Å². The van der Waals surface area contributed by atoms with E-state index in [9.17, 15) is 4.79 Å². The Kier molecular flexibility index (Phi) is 3.35. The Hall–Kier alpha value is -1.12. The molecule has 0 spiro atoms. The van der Waals surface area contributed by atoms with E-state index in [0.717, 1.165) is 0 Å². The van der Waals surface area contributed by atoms with E-state index in [1.165, 1.54) is 0 Å². The number of carbonyl (C=O) groups is 1. The second kappa shape index (κ2) is 3.83. The van der Waals surface area contributed by atoms with Crippen LogP contribution in [-0.2, 0) is 4.79 Å². The van der Waals surface area contributed by atoms with Gasteiger partial charge in [-0.25, -0.2) is 0 Å². The smallest absolute Gasteiger partial charge is 0.154 e. The van der Waals surface area contributed by atoms with Gasteiger partial charge in [0.2, 0.25) is 0 Å². The van der Waals surface area contributed by atoms with Gasteiger partial charge in [-0.15, -0.1) is 0 Å². The van der Waals surface area contributed by atoms with Gasteiger partial charge in [-0.05, 0) is 6.42 Å². The van der Waals surface area contributed by atoms with Crippen molar-refractivity contribution in [3.63, 3.8) is 0 Å². The van der Waals surface area contributed by atoms with Crippen LogP contribution in [-0.4, -0.2) is 17.1 Å². The Morgan fingerprint density at radius 2 is 2.33 bits per heavy atom. The number of carbonyl (C=O) groups excluding carboxylic acids is 1. The number of rotatable bonds is 3. The predicted octanol–water partition coefficient (Wildman–Crippen LogP) is 1.06. The first kappa shape index (κ1) is 7.88. The lowest BCUT2D eigenvalue weighted by Crippen LogP contribution is -1.99. The van der Waals surface area contributed by atoms with E-state index in [0.29, 0.717) is 19.0 Å². The minimum Gasteiger partial charge on any atom is -0.515 e. The zero-order chi connectivity index (χ0) is 7.28. The molecule has 50 valence electrons. The molecule has 0 rings (SSSR count). The van der Waals surface area contributed by atoms with Crippen molar-refractivity contribution in [2.75, 3.05) is 0 Å². The van der Waals surface area contributed by atoms with Crippen molar-refractivity contribution < 1.29 is 9.90 Å². The summed E-state index contributed by atoms with van der Waals surface area (Å²) >= 11 is 0. The van der Waals surface area contributed by atoms with Gasteiger partial charge < -0.3 is 10.5 Å². The van der Waals surface area contributed by atoms with Crippen LogP contribution < -0.4 is 0 Å². The molecular weight excluding hydrogens is 118 g/mol. The van der Waals surface area contributed by atoms with Crippen LogP contribution in [0.5, 0.6) is 0 Å². The van der Waals surface area contributed by atoms with Crippen LogP contribution in [0.3, 0.4) is 0 Å². The summed E-state index contributed by atoms with van der Waals surface area (Å²) in [5.41, 5.74) is 0.213. The van der Waals surface area contributed by atoms with E-state index in [1.54, 1.807) is 6.92 Å². The van der Waals surface area contributed by atoms with Gasteiger partial charge in [0.05, 0.1) is 11.8 Å². The van der Waals surface area contributed by atoms with Crippen LogP contribution in [0, 0.1) is 5.41 Å². The van der Waals surface area contributed by atoms with E-state index >= 15 is 0 Å². The molecule has 0 aliphatic rings. The van der Waals surface area contributed by atoms with E-state index < -0.39 is 0 Å². The molecule has 9 heavy (non-hydrogen) atoms. The number of aliphatic hydroxyl groups is 1. The highest BCUT2D eigenvalue weighted by atomic mass is 16.2. The van der Waals surface area contributed by atoms with Gasteiger partial charge >= 0.3 is 0 Å². The molecule has 0 radical (unpaired) electrons. The number of aldehydes is 1. The van der Waals surface area contributed by atoms with E-state index in [-0.39, 0.29) is 11.3 Å². The largest absolute Gasteiger partial charge is 0.515 e. The molecule has 0 aromatic heterocycles. The molecule has 0 aromatic rings. The molecule has 0 saturated heterocycles. The normalized spacial score (nSPS) is 11.0. The molecule has 0 saturated carbocycles. The van der Waals surface area contributed by atoms with Crippen LogP contribution in [0.1, 0.15) is 13.3 Å². The van der Waals surface area contributed by atoms with Gasteiger partial charge in [0.15, 0.2) is 6.29 Å². The standard InChI is InChI=1S/C6H9NO2/c1-2-6(7)5(3-8)4-9/h3-4,7-8H,2H2,1H3/b5-3-,7-6?. The molecule has 0 fully saturated rings. The lowest BCUT2D eigenvalue weighted by molar-refractivity contribution is -0.104. The molecule has 0 amide bonds. The Labute approximate surface area is 53.5 Å². The maximum absolute atomic E-state index is 9.97. The third kappa shape index (κ3) is 2.08. The molecule has 0 bridgehead atoms. The summed E-state index contributed by atoms with van der Waals surface area (Å²) in [6, 6.07) is 0. The van der Waals surface area contributed by atoms with Crippen molar-refractivity contribution in [3.8, 4) is 0 Å². The Morgan fingerprint density at radius 3 is 2.44 bits per heavy atom. The Morgan fingerprint density at radius 1 is 1.78 bits per heavy atom. The Balaban J connectivity index is 4.14. The van der Waals surface area contributed by atoms with Crippen molar-refractivity contribution >= 4 is 12.0 Å². The summed E-state index contributed by atoms with van der Waals surface area (Å²) in [6.45, 7) is 1.75. The average molecular weight is 127 g/mol. The maximum atomic E-state index is 9.97. The second-order valence-corrected chi connectivity index (χ2v) is 1.53. The van der Waals surface area contributed by atoms with Crippen molar-refractivity contribution in [3.05, 3.63) is 11.8 Å². The maximum Gasteiger partial charge on any atom is 0.154 e. The van der Waals surface area contributed by atoms with Crippen molar-refractivity contribution in [2.24, 2.45) is 0 Å². The van der Waals surface area contributed by atoms with Gasteiger partial charge in [-0.1, -0.05) is 6.92 Å². The van der Waals surface area contributed by atoms with Crippen molar-refractivity contribution in [1.29, 1.82) is 5.41 Å². The summed E-state index contributed by atoms with van der Waals surface area (Å²) in [5, 5.41) is 15.3. The first-order valence-electron chi connectivity index (χ1n) is 2.63. The Bertz CT molecular complexity index is 149. The third-order valence-electron chi connectivity index (χ3n) is 0.968. The summed E-state index contributed by atoms with van der Waals surface area (Å²) in [7, 11) is 0. The van der Waals surface area contributed by atoms with Crippen LogP contribution >= 0.6 is 0 Å². The summed E-state index contributed by atoms with van der Waals surface area (Å²) < 4.78 is 0. The number of hydrogen-bond acceptors (Lipinski definition) is 3. The van der Waals surface area contributed by atoms with E-state index in [4.69, 9.17) is 10.5 Å². The van der Waals surface area contributed by atoms with Crippen molar-refractivity contribution in [1.82, 2.24) is 0 Å². The number of allylic oxidation sites excluding steroid dienone is 1. The van der Waals surface area contributed by atoms with Gasteiger partial charge in [0.25, 0.3) is 0 Å². The predicted molar refractivity (Wildman–Crippen MR) is 34.8 cm³/mol. The fraction of sp³-hybridized carbons (Fsp3) is 0.333. The molecule has 0 heterocycles. The fourth-order valence-corrected chi connectivity index (χ4v) is 0.384. The van der Waals surface area contributed by atoms with Crippen molar-refractivity contribution in [2.45, 2.75) is 13.3 Å². The number of hydrogen-bond donors (Lipinski definition) is 2. The van der Waals surface area contributed by atoms with Crippen LogP contribution in [0.2, 0.25) is 0 Å². The highest BCUT2D eigenvalue weighted by Crippen LogP contribution is 1.93. The van der Waals surface area contributed by atoms with E-state index in [1.807, 2.05) is 0 Å². The fourth-order valence-electron chi connectivity index (χ4n) is 0.384. The molecule has 3 nitrogen and oxygen atoms in total. The topological polar surface area (TPSA) is 61.2 Å². The monoisotopic (exact) mass is 127 g/mol. The molecule has 0 aliphatic carbocycles. The summed E-state index contributed by atoms with van der Waals surface area (Å²) in [6.07, 6.45) is 1.58. The van der Waals surface area contributed by atoms with E-state index in [2.05, 4.69) is 0 Å². The summed E-state index contributed by atoms with van der Waals surface area (Å²) in [5.74, 6) is 0. The number of aliphatic hydroxyl groups excluding tert-OH is 1. The first-order chi connectivity index (χ1) is 4.26. The molecule has 0 aromatic carbocycles. The minimum atomic E-state index is 0.0532. The summed E-state index contributed by atoms with van der Waals surface area (Å²) in [4.78, 5) is 9.97. The molecule has 0 aliphatic heterocycles. The SMILES string of the molecule is CCC(=N)/C(C=O)=C\O. The van der Waals surface area contributed by atoms with Crippen LogP contribution in [0.25, 0.3) is 0 Å². The zero-order valence-electron chi connectivity index (χ0n) is 5.22. The van der Waals surface area contributed by atoms with Crippen LogP contribution in [0.4, 0.5) is 0 Å². The zero-order valence-corrected chi connectivity index (χ0v) is 5.22. The molecule has 0 unspecified atom stereocenters. The highest BCUT2D eigenvalue weighted by molar-refractivity contribution is 6.12. The highest BCUT2D eigenvalue weighted by Gasteiger charge is 1.98. The van der Waals surface area contributed by atoms with Gasteiger partial charge in [-0.2, -0.15) is 0 Å². The molecular formula is C6H9NO2. The van der Waals surface area contributed by atoms with Gasteiger partial charge in [0, 0.05) is 5.71 Å². The number of nitrogens with one attached hydrogen (secondary N) is 1. The molecule has 0 atom stereocenters. The minimum absolute atomic E-state index is 0.0532. The second-order valence-electron chi connectivity index (χ2n) is 1.53. The average Bonchev–Trinajstić information content (AvgIpc) is 1.90. The first-order valence-corrected chi connectivity index (χ1v) is 2.63. The van der Waals surface area contributed by atoms with Gasteiger partial charge in [-0.3, -0.25) is 4.79 Å². The lowest BCUT2D eigenvalue weighted by Gasteiger charge is -1.93.